The summed E-state index contributed by atoms with van der Waals surface area (Å²) >= 11 is 0. The molecule has 1 aromatic rings. The number of pyridine rings is 1. The Labute approximate surface area is 114 Å². The Hall–Kier alpha value is -1.79. The summed E-state index contributed by atoms with van der Waals surface area (Å²) in [5.41, 5.74) is -0.741. The van der Waals surface area contributed by atoms with Crippen molar-refractivity contribution in [2.24, 2.45) is 5.92 Å². The number of carbonyl (C=O) groups is 1. The second kappa shape index (κ2) is 5.68. The second-order valence-corrected chi connectivity index (χ2v) is 4.96. The molecule has 110 valence electrons. The summed E-state index contributed by atoms with van der Waals surface area (Å²) in [6, 6.07) is 1.87. The molecule has 0 amide bonds. The maximum atomic E-state index is 12.6. The van der Waals surface area contributed by atoms with Gasteiger partial charge >= 0.3 is 12.1 Å². The highest BCUT2D eigenvalue weighted by atomic mass is 19.4. The predicted molar refractivity (Wildman–Crippen MR) is 66.2 cm³/mol. The Balaban J connectivity index is 1.96. The van der Waals surface area contributed by atoms with E-state index in [4.69, 9.17) is 5.11 Å². The van der Waals surface area contributed by atoms with E-state index < -0.39 is 17.7 Å². The normalized spacial score (nSPS) is 23.4. The molecule has 0 unspecified atom stereocenters. The molecule has 20 heavy (non-hydrogen) atoms. The van der Waals surface area contributed by atoms with Gasteiger partial charge in [0, 0.05) is 12.2 Å². The molecule has 1 aliphatic carbocycles. The maximum absolute atomic E-state index is 12.6. The zero-order valence-electron chi connectivity index (χ0n) is 10.7. The molecule has 0 radical (unpaired) electrons. The summed E-state index contributed by atoms with van der Waals surface area (Å²) < 4.78 is 37.7. The van der Waals surface area contributed by atoms with Gasteiger partial charge in [0.2, 0.25) is 0 Å². The second-order valence-electron chi connectivity index (χ2n) is 4.96. The molecule has 0 bridgehead atoms. The summed E-state index contributed by atoms with van der Waals surface area (Å²) in [7, 11) is 0. The lowest BCUT2D eigenvalue weighted by atomic mass is 9.86. The highest BCUT2D eigenvalue weighted by molar-refractivity contribution is 5.70. The molecule has 0 spiro atoms. The van der Waals surface area contributed by atoms with Crippen LogP contribution in [0.4, 0.5) is 19.0 Å². The van der Waals surface area contributed by atoms with Crippen molar-refractivity contribution in [2.75, 3.05) is 5.32 Å². The number of carboxylic acid groups (broad SMARTS) is 1. The molecule has 1 fully saturated rings. The van der Waals surface area contributed by atoms with Crippen LogP contribution < -0.4 is 5.32 Å². The Morgan fingerprint density at radius 2 is 1.95 bits per heavy atom. The number of nitrogens with one attached hydrogen (secondary N) is 1. The Kier molecular flexibility index (Phi) is 4.15. The minimum absolute atomic E-state index is 0.0263. The van der Waals surface area contributed by atoms with Crippen molar-refractivity contribution in [1.29, 1.82) is 0 Å². The summed E-state index contributed by atoms with van der Waals surface area (Å²) in [4.78, 5) is 14.7. The fraction of sp³-hybridized carbons (Fsp3) is 0.538. The fourth-order valence-corrected chi connectivity index (χ4v) is 2.38. The summed E-state index contributed by atoms with van der Waals surface area (Å²) in [5.74, 6) is -0.971. The molecule has 1 aliphatic rings. The first-order valence-corrected chi connectivity index (χ1v) is 6.39. The average Bonchev–Trinajstić information content (AvgIpc) is 2.38. The molecule has 2 rings (SSSR count). The first-order valence-electron chi connectivity index (χ1n) is 6.39. The molecule has 0 atom stereocenters. The van der Waals surface area contributed by atoms with Crippen LogP contribution in [0, 0.1) is 5.92 Å². The molecule has 1 aromatic heterocycles. The van der Waals surface area contributed by atoms with Crippen molar-refractivity contribution in [1.82, 2.24) is 4.98 Å². The van der Waals surface area contributed by atoms with E-state index in [1.54, 1.807) is 0 Å². The summed E-state index contributed by atoms with van der Waals surface area (Å²) in [6.07, 6.45) is -0.962. The van der Waals surface area contributed by atoms with Crippen molar-refractivity contribution in [3.05, 3.63) is 23.9 Å². The van der Waals surface area contributed by atoms with Gasteiger partial charge in [-0.05, 0) is 37.8 Å². The lowest BCUT2D eigenvalue weighted by Gasteiger charge is -2.27. The predicted octanol–water partition coefficient (Wildman–Crippen LogP) is 3.16. The number of rotatable bonds is 3. The molecule has 4 nitrogen and oxygen atoms in total. The van der Waals surface area contributed by atoms with E-state index >= 15 is 0 Å². The average molecular weight is 288 g/mol. The van der Waals surface area contributed by atoms with Gasteiger partial charge in [0.15, 0.2) is 0 Å². The first-order chi connectivity index (χ1) is 9.36. The van der Waals surface area contributed by atoms with Gasteiger partial charge in [-0.25, -0.2) is 4.98 Å². The Morgan fingerprint density at radius 1 is 1.30 bits per heavy atom. The van der Waals surface area contributed by atoms with Gasteiger partial charge < -0.3 is 10.4 Å². The van der Waals surface area contributed by atoms with Gasteiger partial charge in [-0.15, -0.1) is 0 Å². The molecule has 0 aliphatic heterocycles. The van der Waals surface area contributed by atoms with Gasteiger partial charge in [0.25, 0.3) is 0 Å². The standard InChI is InChI=1S/C13H15F3N2O2/c14-13(15,16)9-5-6-17-11(7-9)18-10-3-1-8(2-4-10)12(19)20/h5-8,10H,1-4H2,(H,17,18)(H,19,20). The van der Waals surface area contributed by atoms with Crippen LogP contribution in [0.3, 0.4) is 0 Å². The van der Waals surface area contributed by atoms with Gasteiger partial charge in [0.1, 0.15) is 5.82 Å². The third kappa shape index (κ3) is 3.61. The van der Waals surface area contributed by atoms with Crippen LogP contribution in [0.1, 0.15) is 31.2 Å². The molecular weight excluding hydrogens is 273 g/mol. The number of halogens is 3. The quantitative estimate of drug-likeness (QED) is 0.897. The van der Waals surface area contributed by atoms with E-state index in [9.17, 15) is 18.0 Å². The van der Waals surface area contributed by atoms with Crippen molar-refractivity contribution in [3.63, 3.8) is 0 Å². The minimum Gasteiger partial charge on any atom is -0.481 e. The smallest absolute Gasteiger partial charge is 0.416 e. The lowest BCUT2D eigenvalue weighted by molar-refractivity contribution is -0.142. The van der Waals surface area contributed by atoms with Crippen LogP contribution in [-0.2, 0) is 11.0 Å². The van der Waals surface area contributed by atoms with Crippen LogP contribution in [0.25, 0.3) is 0 Å². The third-order valence-corrected chi connectivity index (χ3v) is 3.52. The zero-order chi connectivity index (χ0) is 14.8. The van der Waals surface area contributed by atoms with Crippen molar-refractivity contribution < 1.29 is 23.1 Å². The summed E-state index contributed by atoms with van der Waals surface area (Å²) in [6.45, 7) is 0. The van der Waals surface area contributed by atoms with Crippen LogP contribution in [0.5, 0.6) is 0 Å². The SMILES string of the molecule is O=C(O)C1CCC(Nc2cc(C(F)(F)F)ccn2)CC1. The van der Waals surface area contributed by atoms with Crippen LogP contribution in [0.15, 0.2) is 18.3 Å². The van der Waals surface area contributed by atoms with E-state index in [0.717, 1.165) is 18.3 Å². The minimum atomic E-state index is -4.39. The van der Waals surface area contributed by atoms with Crippen LogP contribution in [0.2, 0.25) is 0 Å². The molecule has 1 saturated carbocycles. The van der Waals surface area contributed by atoms with E-state index in [1.807, 2.05) is 0 Å². The highest BCUT2D eigenvalue weighted by Crippen LogP contribution is 2.31. The van der Waals surface area contributed by atoms with E-state index in [-0.39, 0.29) is 17.8 Å². The van der Waals surface area contributed by atoms with Gasteiger partial charge in [0.05, 0.1) is 11.5 Å². The number of hydrogen-bond donors (Lipinski definition) is 2. The molecular formula is C13H15F3N2O2. The monoisotopic (exact) mass is 288 g/mol. The molecule has 0 aromatic carbocycles. The highest BCUT2D eigenvalue weighted by Gasteiger charge is 2.31. The van der Waals surface area contributed by atoms with E-state index in [0.29, 0.717) is 25.7 Å². The summed E-state index contributed by atoms with van der Waals surface area (Å²) in [5, 5.41) is 11.8. The van der Waals surface area contributed by atoms with Crippen molar-refractivity contribution in [2.45, 2.75) is 37.9 Å². The number of hydrogen-bond acceptors (Lipinski definition) is 3. The number of alkyl halides is 3. The van der Waals surface area contributed by atoms with Gasteiger partial charge in [-0.2, -0.15) is 13.2 Å². The number of carboxylic acids is 1. The largest absolute Gasteiger partial charge is 0.481 e. The van der Waals surface area contributed by atoms with E-state index in [2.05, 4.69) is 10.3 Å². The number of aliphatic carboxylic acids is 1. The lowest BCUT2D eigenvalue weighted by Crippen LogP contribution is -2.29. The molecule has 0 saturated heterocycles. The Bertz CT molecular complexity index is 483. The molecule has 1 heterocycles. The topological polar surface area (TPSA) is 62.2 Å². The van der Waals surface area contributed by atoms with Crippen LogP contribution in [-0.4, -0.2) is 22.1 Å². The van der Waals surface area contributed by atoms with Crippen molar-refractivity contribution in [3.8, 4) is 0 Å². The first kappa shape index (κ1) is 14.6. The number of nitrogens with zero attached hydrogens (tertiary/aromatic N) is 1. The van der Waals surface area contributed by atoms with Gasteiger partial charge in [-0.3, -0.25) is 4.79 Å². The zero-order valence-corrected chi connectivity index (χ0v) is 10.7. The Morgan fingerprint density at radius 3 is 2.50 bits per heavy atom. The maximum Gasteiger partial charge on any atom is 0.416 e. The van der Waals surface area contributed by atoms with Crippen molar-refractivity contribution >= 4 is 11.8 Å². The van der Waals surface area contributed by atoms with E-state index in [1.165, 1.54) is 0 Å². The molecule has 7 heteroatoms. The number of aromatic nitrogens is 1. The fourth-order valence-electron chi connectivity index (χ4n) is 2.38. The number of anilines is 1. The van der Waals surface area contributed by atoms with Gasteiger partial charge in [-0.1, -0.05) is 0 Å². The van der Waals surface area contributed by atoms with Crippen LogP contribution >= 0.6 is 0 Å². The molecule has 2 N–H and O–H groups in total. The third-order valence-electron chi connectivity index (χ3n) is 3.52.